The Labute approximate surface area is 293 Å². The lowest BCUT2D eigenvalue weighted by atomic mass is 9.33. The van der Waals surface area contributed by atoms with Crippen molar-refractivity contribution in [2.45, 2.75) is 33.1 Å². The number of rotatable bonds is 1. The van der Waals surface area contributed by atoms with E-state index in [1.54, 1.807) is 0 Å². The summed E-state index contributed by atoms with van der Waals surface area (Å²) in [4.78, 5) is 2.41. The molecule has 0 atom stereocenters. The monoisotopic (exact) mass is 668 g/mol. The maximum absolute atomic E-state index is 6.89. The highest BCUT2D eigenvalue weighted by atomic mass is 35.5. The number of thiophene rings is 1. The molecule has 6 heteroatoms. The van der Waals surface area contributed by atoms with Gasteiger partial charge in [0.05, 0.1) is 21.4 Å². The number of para-hydroxylation sites is 2. The molecule has 0 aliphatic carbocycles. The molecule has 0 N–H and O–H groups in total. The van der Waals surface area contributed by atoms with Gasteiger partial charge in [0.1, 0.15) is 5.58 Å². The van der Waals surface area contributed by atoms with Crippen molar-refractivity contribution in [3.05, 3.63) is 125 Å². The van der Waals surface area contributed by atoms with Crippen LogP contribution in [0.25, 0.3) is 58.8 Å². The molecule has 9 aromatic rings. The smallest absolute Gasteiger partial charge is 0.252 e. The van der Waals surface area contributed by atoms with Crippen LogP contribution in [-0.2, 0) is 5.41 Å². The molecule has 0 amide bonds. The van der Waals surface area contributed by atoms with Crippen LogP contribution in [0.15, 0.2) is 114 Å². The van der Waals surface area contributed by atoms with Crippen molar-refractivity contribution >= 4 is 116 Å². The zero-order valence-corrected chi connectivity index (χ0v) is 29.1. The van der Waals surface area contributed by atoms with Crippen LogP contribution in [0.4, 0.5) is 17.1 Å². The zero-order valence-electron chi connectivity index (χ0n) is 27.6. The SMILES string of the molecule is Cc1cc2c3c(c1)-n1c4c(cc(C(C)(C)C)cc4c4sc5ccccc5c41)B3c1ccc(Cl)cc1N2c1cccc2c1oc1ccccc12. The van der Waals surface area contributed by atoms with Crippen molar-refractivity contribution in [3.63, 3.8) is 0 Å². The Bertz CT molecular complexity index is 2920. The van der Waals surface area contributed by atoms with Gasteiger partial charge in [-0.15, -0.1) is 11.3 Å². The number of anilines is 3. The molecule has 234 valence electrons. The standard InChI is InChI=1S/C43H30BClN2OS/c1-23-18-34-38-35(19-23)47-39-29(42-40(47)28-11-6-8-15-37(28)49-42)20-24(43(2,3)4)21-31(39)44(38)30-17-16-25(45)22-33(30)46(34)32-13-9-12-27-26-10-5-7-14-36(26)48-41(27)32/h5-22H,1-4H3. The summed E-state index contributed by atoms with van der Waals surface area (Å²) < 4.78 is 12.0. The minimum Gasteiger partial charge on any atom is -0.454 e. The lowest BCUT2D eigenvalue weighted by molar-refractivity contribution is 0.591. The maximum atomic E-state index is 6.89. The first-order valence-corrected chi connectivity index (χ1v) is 18.1. The van der Waals surface area contributed by atoms with Gasteiger partial charge in [-0.1, -0.05) is 93.0 Å². The van der Waals surface area contributed by atoms with Crippen LogP contribution in [-0.4, -0.2) is 11.3 Å². The fourth-order valence-corrected chi connectivity index (χ4v) is 10.0. The van der Waals surface area contributed by atoms with E-state index in [0.717, 1.165) is 38.3 Å². The average Bonchev–Trinajstić information content (AvgIpc) is 3.75. The van der Waals surface area contributed by atoms with E-state index < -0.39 is 0 Å². The van der Waals surface area contributed by atoms with Gasteiger partial charge in [-0.3, -0.25) is 0 Å². The summed E-state index contributed by atoms with van der Waals surface area (Å²) >= 11 is 8.81. The third-order valence-electron chi connectivity index (χ3n) is 10.8. The Morgan fingerprint density at radius 2 is 1.45 bits per heavy atom. The average molecular weight is 669 g/mol. The highest BCUT2D eigenvalue weighted by Gasteiger charge is 2.43. The molecule has 2 aliphatic rings. The predicted octanol–water partition coefficient (Wildman–Crippen LogP) is 10.8. The highest BCUT2D eigenvalue weighted by Crippen LogP contribution is 2.48. The molecular weight excluding hydrogens is 639 g/mol. The van der Waals surface area contributed by atoms with Gasteiger partial charge in [-0.05, 0) is 88.4 Å². The van der Waals surface area contributed by atoms with Crippen molar-refractivity contribution in [2.75, 3.05) is 4.90 Å². The van der Waals surface area contributed by atoms with Crippen LogP contribution in [0.2, 0.25) is 5.02 Å². The van der Waals surface area contributed by atoms with Gasteiger partial charge in [-0.2, -0.15) is 0 Å². The topological polar surface area (TPSA) is 21.3 Å². The van der Waals surface area contributed by atoms with Crippen LogP contribution < -0.4 is 21.3 Å². The quantitative estimate of drug-likeness (QED) is 0.162. The normalized spacial score (nSPS) is 13.7. The predicted molar refractivity (Wildman–Crippen MR) is 211 cm³/mol. The maximum Gasteiger partial charge on any atom is 0.252 e. The van der Waals surface area contributed by atoms with E-state index in [4.69, 9.17) is 16.0 Å². The largest absolute Gasteiger partial charge is 0.454 e. The Morgan fingerprint density at radius 3 is 2.31 bits per heavy atom. The summed E-state index contributed by atoms with van der Waals surface area (Å²) in [6.45, 7) is 9.25. The molecule has 11 rings (SSSR count). The van der Waals surface area contributed by atoms with Crippen LogP contribution in [0.1, 0.15) is 31.9 Å². The van der Waals surface area contributed by atoms with Gasteiger partial charge in [0, 0.05) is 48.3 Å². The second kappa shape index (κ2) is 9.38. The van der Waals surface area contributed by atoms with Crippen LogP contribution in [0, 0.1) is 6.92 Å². The number of furan rings is 1. The summed E-state index contributed by atoms with van der Waals surface area (Å²) in [6, 6.07) is 39.9. The van der Waals surface area contributed by atoms with Gasteiger partial charge < -0.3 is 13.9 Å². The third-order valence-corrected chi connectivity index (χ3v) is 12.2. The fraction of sp³-hybridized carbons (Fsp3) is 0.116. The van der Waals surface area contributed by atoms with Gasteiger partial charge in [-0.25, -0.2) is 0 Å². The van der Waals surface area contributed by atoms with E-state index in [1.165, 1.54) is 70.1 Å². The Hall–Kier alpha value is -4.97. The van der Waals surface area contributed by atoms with Crippen LogP contribution >= 0.6 is 22.9 Å². The molecule has 0 radical (unpaired) electrons. The van der Waals surface area contributed by atoms with E-state index in [-0.39, 0.29) is 12.1 Å². The van der Waals surface area contributed by atoms with E-state index in [0.29, 0.717) is 0 Å². The molecule has 0 spiro atoms. The molecule has 2 aliphatic heterocycles. The number of hydrogen-bond donors (Lipinski definition) is 0. The first-order valence-electron chi connectivity index (χ1n) is 16.9. The number of fused-ring (bicyclic) bond motifs is 12. The molecule has 5 heterocycles. The van der Waals surface area contributed by atoms with Gasteiger partial charge >= 0.3 is 0 Å². The van der Waals surface area contributed by atoms with E-state index >= 15 is 0 Å². The van der Waals surface area contributed by atoms with Crippen molar-refractivity contribution in [1.29, 1.82) is 0 Å². The molecule has 0 unspecified atom stereocenters. The number of benzene rings is 6. The molecule has 3 aromatic heterocycles. The number of aromatic nitrogens is 1. The molecule has 0 bridgehead atoms. The lowest BCUT2D eigenvalue weighted by Gasteiger charge is -2.41. The van der Waals surface area contributed by atoms with E-state index in [1.807, 2.05) is 17.4 Å². The van der Waals surface area contributed by atoms with Crippen molar-refractivity contribution < 1.29 is 4.42 Å². The second-order valence-electron chi connectivity index (χ2n) is 14.8. The first-order chi connectivity index (χ1) is 23.8. The number of hydrogen-bond acceptors (Lipinski definition) is 3. The second-order valence-corrected chi connectivity index (χ2v) is 16.3. The summed E-state index contributed by atoms with van der Waals surface area (Å²) in [5.74, 6) is 0. The highest BCUT2D eigenvalue weighted by molar-refractivity contribution is 7.26. The number of nitrogens with zero attached hydrogens (tertiary/aromatic N) is 2. The van der Waals surface area contributed by atoms with Crippen molar-refractivity contribution in [1.82, 2.24) is 4.57 Å². The number of aryl methyl sites for hydroxylation is 1. The van der Waals surface area contributed by atoms with Crippen molar-refractivity contribution in [3.8, 4) is 5.69 Å². The third kappa shape index (κ3) is 3.59. The molecule has 6 aromatic carbocycles. The molecule has 0 saturated carbocycles. The molecule has 49 heavy (non-hydrogen) atoms. The lowest BCUT2D eigenvalue weighted by Crippen LogP contribution is -2.60. The Balaban J connectivity index is 1.33. The Kier molecular flexibility index (Phi) is 5.35. The zero-order chi connectivity index (χ0) is 32.9. The molecule has 0 fully saturated rings. The number of halogens is 1. The van der Waals surface area contributed by atoms with Gasteiger partial charge in [0.2, 0.25) is 0 Å². The molecule has 3 nitrogen and oxygen atoms in total. The summed E-state index contributed by atoms with van der Waals surface area (Å²) in [7, 11) is 0. The Morgan fingerprint density at radius 1 is 0.673 bits per heavy atom. The molecule has 0 saturated heterocycles. The summed E-state index contributed by atoms with van der Waals surface area (Å²) in [5, 5.41) is 5.60. The van der Waals surface area contributed by atoms with E-state index in [9.17, 15) is 0 Å². The van der Waals surface area contributed by atoms with Crippen LogP contribution in [0.3, 0.4) is 0 Å². The molecular formula is C43H30BClN2OS. The minimum absolute atomic E-state index is 0.0212. The fourth-order valence-electron chi connectivity index (χ4n) is 8.68. The summed E-state index contributed by atoms with van der Waals surface area (Å²) in [6.07, 6.45) is 0. The van der Waals surface area contributed by atoms with Gasteiger partial charge in [0.25, 0.3) is 6.71 Å². The van der Waals surface area contributed by atoms with Gasteiger partial charge in [0.15, 0.2) is 5.58 Å². The van der Waals surface area contributed by atoms with E-state index in [2.05, 4.69) is 140 Å². The summed E-state index contributed by atoms with van der Waals surface area (Å²) in [5.41, 5.74) is 15.4. The van der Waals surface area contributed by atoms with Crippen LogP contribution in [0.5, 0.6) is 0 Å². The minimum atomic E-state index is -0.0212. The first kappa shape index (κ1) is 27.9. The van der Waals surface area contributed by atoms with Crippen molar-refractivity contribution in [2.24, 2.45) is 0 Å².